The molecule has 8 heteroatoms. The highest BCUT2D eigenvalue weighted by Gasteiger charge is 2.45. The van der Waals surface area contributed by atoms with E-state index in [1.54, 1.807) is 17.6 Å². The summed E-state index contributed by atoms with van der Waals surface area (Å²) in [5.41, 5.74) is 3.08. The molecular formula is C27H31N3O5. The number of phenolic OH excluding ortho intramolecular Hbond substituents is 1. The predicted octanol–water partition coefficient (Wildman–Crippen LogP) is 3.19. The van der Waals surface area contributed by atoms with Crippen LogP contribution in [0.2, 0.25) is 0 Å². The molecular weight excluding hydrogens is 446 g/mol. The van der Waals surface area contributed by atoms with E-state index in [0.717, 1.165) is 36.2 Å². The second-order valence-corrected chi connectivity index (χ2v) is 9.35. The molecule has 8 nitrogen and oxygen atoms in total. The Hall–Kier alpha value is -3.23. The van der Waals surface area contributed by atoms with Gasteiger partial charge >= 0.3 is 5.97 Å². The highest BCUT2D eigenvalue weighted by molar-refractivity contribution is 5.92. The third kappa shape index (κ3) is 3.38. The smallest absolute Gasteiger partial charge is 0.343 e. The van der Waals surface area contributed by atoms with Gasteiger partial charge in [-0.15, -0.1) is 0 Å². The number of nitrogens with zero attached hydrogens (tertiary/aromatic N) is 3. The first kappa shape index (κ1) is 23.5. The van der Waals surface area contributed by atoms with E-state index in [0.29, 0.717) is 46.5 Å². The molecule has 0 aliphatic carbocycles. The third-order valence-electron chi connectivity index (χ3n) is 7.60. The predicted molar refractivity (Wildman–Crippen MR) is 132 cm³/mol. The van der Waals surface area contributed by atoms with E-state index in [4.69, 9.17) is 9.72 Å². The summed E-state index contributed by atoms with van der Waals surface area (Å²) < 4.78 is 6.76. The summed E-state index contributed by atoms with van der Waals surface area (Å²) in [6.07, 6.45) is 0.842. The quantitative estimate of drug-likeness (QED) is 0.411. The minimum absolute atomic E-state index is 0.100. The molecule has 0 radical (unpaired) electrons. The zero-order valence-electron chi connectivity index (χ0n) is 20.6. The fourth-order valence-corrected chi connectivity index (χ4v) is 5.34. The Morgan fingerprint density at radius 1 is 1.11 bits per heavy atom. The molecule has 2 aromatic heterocycles. The lowest BCUT2D eigenvalue weighted by molar-refractivity contribution is -0.172. The number of hydrogen-bond acceptors (Lipinski definition) is 7. The average Bonchev–Trinajstić information content (AvgIpc) is 3.23. The SMILES string of the molecule is CCc1cc(CN(CC)CC)c(O)c2cc3c(nc12)-c1cc2c(c(=O)n1C3)COC(=O)[C@]2(O)CC. The third-order valence-corrected chi connectivity index (χ3v) is 7.60. The van der Waals surface area contributed by atoms with Gasteiger partial charge in [0.2, 0.25) is 0 Å². The van der Waals surface area contributed by atoms with E-state index in [2.05, 4.69) is 25.7 Å². The van der Waals surface area contributed by atoms with Gasteiger partial charge in [-0.3, -0.25) is 9.69 Å². The zero-order valence-corrected chi connectivity index (χ0v) is 20.6. The number of aromatic hydroxyl groups is 1. The number of carbonyl (C=O) groups is 1. The molecule has 0 fully saturated rings. The van der Waals surface area contributed by atoms with E-state index in [1.807, 2.05) is 12.1 Å². The second kappa shape index (κ2) is 8.46. The lowest BCUT2D eigenvalue weighted by atomic mass is 9.86. The fourth-order valence-electron chi connectivity index (χ4n) is 5.34. The minimum Gasteiger partial charge on any atom is -0.507 e. The summed E-state index contributed by atoms with van der Waals surface area (Å²) in [6.45, 7) is 10.5. The van der Waals surface area contributed by atoms with Crippen LogP contribution in [0.5, 0.6) is 5.75 Å². The number of ether oxygens (including phenoxy) is 1. The van der Waals surface area contributed by atoms with Crippen LogP contribution >= 0.6 is 0 Å². The summed E-state index contributed by atoms with van der Waals surface area (Å²) in [6, 6.07) is 5.67. The zero-order chi connectivity index (χ0) is 25.1. The average molecular weight is 478 g/mol. The molecule has 5 rings (SSSR count). The van der Waals surface area contributed by atoms with Crippen LogP contribution < -0.4 is 5.56 Å². The van der Waals surface area contributed by atoms with Crippen molar-refractivity contribution in [2.75, 3.05) is 13.1 Å². The molecule has 0 amide bonds. The largest absolute Gasteiger partial charge is 0.507 e. The minimum atomic E-state index is -1.85. The number of aliphatic hydroxyl groups is 1. The van der Waals surface area contributed by atoms with E-state index in [-0.39, 0.29) is 24.3 Å². The van der Waals surface area contributed by atoms with Gasteiger partial charge in [-0.1, -0.05) is 27.7 Å². The number of aromatic nitrogens is 2. The standard InChI is InChI=1S/C27H31N3O5/c1-5-15-9-17(12-29(7-3)8-4)24(31)18-10-16-13-30-21(23(16)28-22(15)18)11-20-19(25(30)32)14-35-26(33)27(20,34)6-2/h9-11,31,34H,5-8,12-14H2,1-4H3/t27-/m0/s1. The van der Waals surface area contributed by atoms with Crippen LogP contribution in [-0.4, -0.2) is 43.7 Å². The fraction of sp³-hybridized carbons (Fsp3) is 0.444. The number of aryl methyl sites for hydroxylation is 1. The summed E-state index contributed by atoms with van der Waals surface area (Å²) >= 11 is 0. The molecule has 2 aliphatic rings. The van der Waals surface area contributed by atoms with Gasteiger partial charge in [0.15, 0.2) is 5.60 Å². The Morgan fingerprint density at radius 2 is 1.86 bits per heavy atom. The van der Waals surface area contributed by atoms with Gasteiger partial charge in [-0.25, -0.2) is 9.78 Å². The molecule has 0 unspecified atom stereocenters. The first-order valence-electron chi connectivity index (χ1n) is 12.3. The van der Waals surface area contributed by atoms with Gasteiger partial charge in [0.25, 0.3) is 5.56 Å². The lowest BCUT2D eigenvalue weighted by Crippen LogP contribution is -2.44. The van der Waals surface area contributed by atoms with Crippen LogP contribution in [0.25, 0.3) is 22.3 Å². The van der Waals surface area contributed by atoms with Crippen molar-refractivity contribution in [1.29, 1.82) is 0 Å². The number of pyridine rings is 2. The molecule has 0 saturated heterocycles. The Kier molecular flexibility index (Phi) is 5.68. The van der Waals surface area contributed by atoms with E-state index < -0.39 is 11.6 Å². The molecule has 2 N–H and O–H groups in total. The van der Waals surface area contributed by atoms with Crippen LogP contribution in [0, 0.1) is 0 Å². The molecule has 184 valence electrons. The number of cyclic esters (lactones) is 1. The van der Waals surface area contributed by atoms with Crippen molar-refractivity contribution in [2.24, 2.45) is 0 Å². The molecule has 2 aliphatic heterocycles. The Morgan fingerprint density at radius 3 is 2.51 bits per heavy atom. The van der Waals surface area contributed by atoms with Gasteiger partial charge in [-0.05, 0) is 49.7 Å². The highest BCUT2D eigenvalue weighted by atomic mass is 16.6. The summed E-state index contributed by atoms with van der Waals surface area (Å²) in [5, 5.41) is 22.9. The van der Waals surface area contributed by atoms with Crippen molar-refractivity contribution < 1.29 is 19.7 Å². The van der Waals surface area contributed by atoms with Crippen LogP contribution in [0.4, 0.5) is 0 Å². The maximum Gasteiger partial charge on any atom is 0.343 e. The maximum atomic E-state index is 13.4. The Bertz CT molecular complexity index is 1420. The first-order valence-corrected chi connectivity index (χ1v) is 12.3. The van der Waals surface area contributed by atoms with Crippen LogP contribution in [0.3, 0.4) is 0 Å². The summed E-state index contributed by atoms with van der Waals surface area (Å²) in [5.74, 6) is -0.512. The van der Waals surface area contributed by atoms with E-state index in [1.165, 1.54) is 0 Å². The monoisotopic (exact) mass is 477 g/mol. The maximum absolute atomic E-state index is 13.4. The topological polar surface area (TPSA) is 105 Å². The molecule has 0 saturated carbocycles. The number of benzene rings is 1. The summed E-state index contributed by atoms with van der Waals surface area (Å²) in [7, 11) is 0. The molecule has 1 aromatic carbocycles. The number of hydrogen-bond donors (Lipinski definition) is 2. The number of fused-ring (bicyclic) bond motifs is 5. The molecule has 1 atom stereocenters. The Balaban J connectivity index is 1.72. The van der Waals surface area contributed by atoms with Gasteiger partial charge < -0.3 is 19.5 Å². The van der Waals surface area contributed by atoms with Crippen LogP contribution in [0.15, 0.2) is 23.0 Å². The van der Waals surface area contributed by atoms with Crippen LogP contribution in [-0.2, 0) is 41.2 Å². The lowest BCUT2D eigenvalue weighted by Gasteiger charge is -2.31. The van der Waals surface area contributed by atoms with Crippen molar-refractivity contribution in [2.45, 2.75) is 65.8 Å². The molecule has 0 bridgehead atoms. The molecule has 3 aromatic rings. The van der Waals surface area contributed by atoms with Crippen molar-refractivity contribution in [1.82, 2.24) is 14.5 Å². The van der Waals surface area contributed by atoms with Crippen molar-refractivity contribution in [3.05, 3.63) is 56.4 Å². The Labute approximate surface area is 203 Å². The van der Waals surface area contributed by atoms with Crippen molar-refractivity contribution in [3.63, 3.8) is 0 Å². The van der Waals surface area contributed by atoms with Gasteiger partial charge in [0.1, 0.15) is 12.4 Å². The van der Waals surface area contributed by atoms with E-state index in [9.17, 15) is 19.8 Å². The number of carbonyl (C=O) groups excluding carboxylic acids is 1. The number of rotatable bonds is 6. The van der Waals surface area contributed by atoms with Gasteiger partial charge in [0.05, 0.1) is 29.0 Å². The second-order valence-electron chi connectivity index (χ2n) is 9.35. The summed E-state index contributed by atoms with van der Waals surface area (Å²) in [4.78, 5) is 33.0. The van der Waals surface area contributed by atoms with Crippen LogP contribution in [0.1, 0.15) is 61.9 Å². The van der Waals surface area contributed by atoms with E-state index >= 15 is 0 Å². The molecule has 0 spiro atoms. The molecule has 4 heterocycles. The van der Waals surface area contributed by atoms with Crippen molar-refractivity contribution >= 4 is 16.9 Å². The van der Waals surface area contributed by atoms with Gasteiger partial charge in [0, 0.05) is 28.6 Å². The molecule has 35 heavy (non-hydrogen) atoms. The highest BCUT2D eigenvalue weighted by Crippen LogP contribution is 2.41. The number of phenols is 1. The normalized spacial score (nSPS) is 18.5. The first-order chi connectivity index (χ1) is 16.8. The van der Waals surface area contributed by atoms with Gasteiger partial charge in [-0.2, -0.15) is 0 Å². The van der Waals surface area contributed by atoms with Crippen molar-refractivity contribution in [3.8, 4) is 17.1 Å². The number of esters is 1.